The molecule has 0 saturated carbocycles. The number of nitrogen functional groups attached to an aromatic ring is 1. The summed E-state index contributed by atoms with van der Waals surface area (Å²) in [5, 5.41) is 14.7. The maximum absolute atomic E-state index is 15.6. The molecule has 1 amide bonds. The Morgan fingerprint density at radius 1 is 1.24 bits per heavy atom. The Bertz CT molecular complexity index is 1510. The highest BCUT2D eigenvalue weighted by Crippen LogP contribution is 2.40. The van der Waals surface area contributed by atoms with E-state index in [9.17, 15) is 14.7 Å². The average molecular weight is 604 g/mol. The zero-order valence-corrected chi connectivity index (χ0v) is 23.7. The van der Waals surface area contributed by atoms with Crippen molar-refractivity contribution < 1.29 is 28.2 Å². The average Bonchev–Trinajstić information content (AvgIpc) is 2.98. The fraction of sp³-hybridized carbons (Fsp3) is 0.414. The van der Waals surface area contributed by atoms with E-state index in [2.05, 4.69) is 10.3 Å². The van der Waals surface area contributed by atoms with E-state index >= 15 is 8.78 Å². The van der Waals surface area contributed by atoms with Gasteiger partial charge in [0.1, 0.15) is 23.4 Å². The van der Waals surface area contributed by atoms with E-state index < -0.39 is 48.2 Å². The fourth-order valence-corrected chi connectivity index (χ4v) is 5.80. The Hall–Kier alpha value is -3.74. The number of amides is 1. The first kappa shape index (κ1) is 29.7. The number of nitrogens with two attached hydrogens (primary N) is 1. The van der Waals surface area contributed by atoms with Gasteiger partial charge in [-0.05, 0) is 30.7 Å². The summed E-state index contributed by atoms with van der Waals surface area (Å²) in [7, 11) is 1.44. The van der Waals surface area contributed by atoms with Crippen LogP contribution in [0.4, 0.5) is 14.5 Å². The van der Waals surface area contributed by atoms with Gasteiger partial charge in [0, 0.05) is 42.4 Å². The Morgan fingerprint density at radius 3 is 2.69 bits per heavy atom. The van der Waals surface area contributed by atoms with Crippen molar-refractivity contribution in [3.8, 4) is 17.4 Å². The third kappa shape index (κ3) is 5.92. The monoisotopic (exact) mass is 603 g/mol. The molecule has 2 aliphatic heterocycles. The van der Waals surface area contributed by atoms with Crippen molar-refractivity contribution in [2.24, 2.45) is 5.92 Å². The first-order valence-corrected chi connectivity index (χ1v) is 13.9. The number of aromatic nitrogens is 2. The van der Waals surface area contributed by atoms with Gasteiger partial charge in [-0.25, -0.2) is 13.8 Å². The largest absolute Gasteiger partial charge is 0.497 e. The second-order valence-corrected chi connectivity index (χ2v) is 11.1. The number of nitrogens with zero attached hydrogens (tertiary/aromatic N) is 3. The lowest BCUT2D eigenvalue weighted by Crippen LogP contribution is -2.64. The molecule has 0 radical (unpaired) electrons. The van der Waals surface area contributed by atoms with Crippen LogP contribution < -0.4 is 26.1 Å². The molecule has 5 rings (SSSR count). The number of aliphatic hydroxyl groups is 1. The minimum atomic E-state index is -3.71. The summed E-state index contributed by atoms with van der Waals surface area (Å²) in [5.74, 6) is -4.35. The van der Waals surface area contributed by atoms with Gasteiger partial charge in [-0.1, -0.05) is 41.9 Å². The topological polar surface area (TPSA) is 132 Å². The highest BCUT2D eigenvalue weighted by atomic mass is 35.5. The van der Waals surface area contributed by atoms with Crippen molar-refractivity contribution in [2.75, 3.05) is 39.0 Å². The second kappa shape index (κ2) is 11.9. The zero-order chi connectivity index (χ0) is 30.1. The SMILES string of the molecule is COc1cc(Cl)cc(Oc2ncn(C[C@@]3(O)CCN(C(=O)[C@@H]4CCNC[C@H]4c4ccccc4)CC3(F)F)c(=O)c2N)c1. The summed E-state index contributed by atoms with van der Waals surface area (Å²) >= 11 is 6.05. The maximum atomic E-state index is 15.6. The normalized spacial score (nSPS) is 23.8. The molecule has 0 spiro atoms. The van der Waals surface area contributed by atoms with Crippen LogP contribution in [0.2, 0.25) is 5.02 Å². The number of nitrogens with one attached hydrogen (secondary N) is 1. The quantitative estimate of drug-likeness (QED) is 0.375. The number of carbonyl (C=O) groups is 1. The number of carbonyl (C=O) groups excluding carboxylic acids is 1. The molecule has 3 atom stereocenters. The van der Waals surface area contributed by atoms with Gasteiger partial charge in [-0.3, -0.25) is 14.2 Å². The van der Waals surface area contributed by atoms with Crippen LogP contribution in [-0.4, -0.2) is 70.3 Å². The number of hydrogen-bond acceptors (Lipinski definition) is 8. The number of benzene rings is 2. The van der Waals surface area contributed by atoms with Crippen molar-refractivity contribution in [2.45, 2.75) is 36.8 Å². The number of likely N-dealkylation sites (tertiary alicyclic amines) is 1. The smallest absolute Gasteiger partial charge is 0.295 e. The Morgan fingerprint density at radius 2 is 1.98 bits per heavy atom. The molecule has 13 heteroatoms. The molecule has 42 heavy (non-hydrogen) atoms. The van der Waals surface area contributed by atoms with Crippen molar-refractivity contribution in [1.82, 2.24) is 19.8 Å². The predicted octanol–water partition coefficient (Wildman–Crippen LogP) is 3.27. The summed E-state index contributed by atoms with van der Waals surface area (Å²) < 4.78 is 42.7. The minimum absolute atomic E-state index is 0.0915. The molecule has 224 valence electrons. The third-order valence-corrected chi connectivity index (χ3v) is 8.19. The Labute approximate surface area is 246 Å². The minimum Gasteiger partial charge on any atom is -0.497 e. The summed E-state index contributed by atoms with van der Waals surface area (Å²) in [6, 6.07) is 14.0. The number of piperidine rings is 2. The van der Waals surface area contributed by atoms with Crippen LogP contribution in [0.5, 0.6) is 17.4 Å². The lowest BCUT2D eigenvalue weighted by Gasteiger charge is -2.46. The van der Waals surface area contributed by atoms with Gasteiger partial charge in [-0.15, -0.1) is 0 Å². The predicted molar refractivity (Wildman–Crippen MR) is 152 cm³/mol. The first-order valence-electron chi connectivity index (χ1n) is 13.5. The molecule has 3 heterocycles. The second-order valence-electron chi connectivity index (χ2n) is 10.7. The fourth-order valence-electron chi connectivity index (χ4n) is 5.58. The van der Waals surface area contributed by atoms with Gasteiger partial charge < -0.3 is 30.5 Å². The van der Waals surface area contributed by atoms with Gasteiger partial charge in [0.15, 0.2) is 5.69 Å². The Balaban J connectivity index is 1.30. The van der Waals surface area contributed by atoms with E-state index in [1.807, 2.05) is 30.3 Å². The highest BCUT2D eigenvalue weighted by Gasteiger charge is 2.57. The molecule has 0 aliphatic carbocycles. The van der Waals surface area contributed by atoms with Gasteiger partial charge in [0.25, 0.3) is 11.5 Å². The third-order valence-electron chi connectivity index (χ3n) is 7.97. The van der Waals surface area contributed by atoms with Crippen molar-refractivity contribution in [3.63, 3.8) is 0 Å². The highest BCUT2D eigenvalue weighted by molar-refractivity contribution is 6.30. The molecular formula is C29H32ClF2N5O5. The van der Waals surface area contributed by atoms with Crippen LogP contribution in [0.3, 0.4) is 0 Å². The molecule has 4 N–H and O–H groups in total. The standard InChI is InChI=1S/C29H32ClF2N5O5/c1-41-20-11-19(30)12-21(13-20)42-25-24(33)27(39)37(17-35-25)15-28(40)8-10-36(16-29(28,31)32)26(38)22-7-9-34-14-23(22)18-5-3-2-4-6-18/h2-6,11-13,17,22-23,34,40H,7-10,14-16,33H2,1H3/t22-,23+,28+/m1/s1. The molecular weight excluding hydrogens is 572 g/mol. The molecule has 1 aromatic heterocycles. The van der Waals surface area contributed by atoms with Crippen LogP contribution >= 0.6 is 11.6 Å². The maximum Gasteiger partial charge on any atom is 0.295 e. The number of halogens is 3. The number of ether oxygens (including phenoxy) is 2. The van der Waals surface area contributed by atoms with Crippen molar-refractivity contribution >= 4 is 23.2 Å². The van der Waals surface area contributed by atoms with Crippen LogP contribution in [0.15, 0.2) is 59.7 Å². The van der Waals surface area contributed by atoms with E-state index in [4.69, 9.17) is 26.8 Å². The molecule has 0 unspecified atom stereocenters. The molecule has 0 bridgehead atoms. The lowest BCUT2D eigenvalue weighted by atomic mass is 9.79. The van der Waals surface area contributed by atoms with E-state index in [1.165, 1.54) is 19.2 Å². The number of hydrogen-bond donors (Lipinski definition) is 3. The first-order chi connectivity index (χ1) is 20.0. The number of methoxy groups -OCH3 is 1. The Kier molecular flexibility index (Phi) is 8.40. The molecule has 2 fully saturated rings. The van der Waals surface area contributed by atoms with Crippen molar-refractivity contribution in [3.05, 3.63) is 75.8 Å². The summed E-state index contributed by atoms with van der Waals surface area (Å²) in [4.78, 5) is 31.6. The number of alkyl halides is 2. The van der Waals surface area contributed by atoms with Crippen LogP contribution in [0.1, 0.15) is 24.3 Å². The zero-order valence-electron chi connectivity index (χ0n) is 22.9. The van der Waals surface area contributed by atoms with Gasteiger partial charge in [-0.2, -0.15) is 0 Å². The lowest BCUT2D eigenvalue weighted by molar-refractivity contribution is -0.223. The van der Waals surface area contributed by atoms with Crippen molar-refractivity contribution in [1.29, 1.82) is 0 Å². The molecule has 10 nitrogen and oxygen atoms in total. The summed E-state index contributed by atoms with van der Waals surface area (Å²) in [5.41, 5.74) is 3.00. The van der Waals surface area contributed by atoms with E-state index in [-0.39, 0.29) is 30.0 Å². The number of rotatable bonds is 7. The summed E-state index contributed by atoms with van der Waals surface area (Å²) in [6.45, 7) is -0.662. The molecule has 2 aliphatic rings. The van der Waals surface area contributed by atoms with E-state index in [0.717, 1.165) is 21.4 Å². The van der Waals surface area contributed by atoms with Gasteiger partial charge >= 0.3 is 0 Å². The van der Waals surface area contributed by atoms with Crippen LogP contribution in [0.25, 0.3) is 0 Å². The summed E-state index contributed by atoms with van der Waals surface area (Å²) in [6.07, 6.45) is 1.06. The molecule has 2 aromatic carbocycles. The van der Waals surface area contributed by atoms with E-state index in [0.29, 0.717) is 30.3 Å². The van der Waals surface area contributed by atoms with Crippen LogP contribution in [0, 0.1) is 5.92 Å². The van der Waals surface area contributed by atoms with E-state index in [1.54, 1.807) is 6.07 Å². The van der Waals surface area contributed by atoms with Gasteiger partial charge in [0.05, 0.1) is 20.2 Å². The number of anilines is 1. The van der Waals surface area contributed by atoms with Crippen LogP contribution in [-0.2, 0) is 11.3 Å². The van der Waals surface area contributed by atoms with Gasteiger partial charge in [0.2, 0.25) is 11.8 Å². The molecule has 3 aromatic rings. The molecule has 2 saturated heterocycles.